The Bertz CT molecular complexity index is 329. The van der Waals surface area contributed by atoms with Crippen LogP contribution in [0, 0.1) is 5.82 Å². The van der Waals surface area contributed by atoms with Gasteiger partial charge in [0.05, 0.1) is 0 Å². The van der Waals surface area contributed by atoms with Crippen molar-refractivity contribution in [3.63, 3.8) is 0 Å². The Hall–Kier alpha value is -1.07. The molecule has 1 rings (SSSR count). The number of aliphatic carboxylic acids is 1. The Morgan fingerprint density at radius 1 is 1.53 bits per heavy atom. The van der Waals surface area contributed by atoms with Crippen LogP contribution in [-0.2, 0) is 4.79 Å². The summed E-state index contributed by atoms with van der Waals surface area (Å²) in [4.78, 5) is 11.5. The molecule has 0 radical (unpaired) electrons. The number of hydrogen-bond acceptors (Lipinski definition) is 3. The predicted molar refractivity (Wildman–Crippen MR) is 57.6 cm³/mol. The maximum atomic E-state index is 12.6. The Kier molecular flexibility index (Phi) is 4.58. The number of benzene rings is 1. The lowest BCUT2D eigenvalue weighted by Gasteiger charge is -2.10. The zero-order chi connectivity index (χ0) is 11.3. The lowest BCUT2D eigenvalue weighted by atomic mass is 10.3. The van der Waals surface area contributed by atoms with E-state index < -0.39 is 12.0 Å². The first-order valence-corrected chi connectivity index (χ1v) is 5.40. The highest BCUT2D eigenvalue weighted by Crippen LogP contribution is 2.18. The molecule has 0 saturated carbocycles. The first-order chi connectivity index (χ1) is 7.13. The van der Waals surface area contributed by atoms with Gasteiger partial charge in [-0.2, -0.15) is 0 Å². The van der Waals surface area contributed by atoms with Crippen LogP contribution in [0.4, 0.5) is 4.39 Å². The van der Waals surface area contributed by atoms with Crippen molar-refractivity contribution in [1.82, 2.24) is 5.32 Å². The smallest absolute Gasteiger partial charge is 0.321 e. The SMILES string of the molecule is CNC(CSc1ccc(F)cc1)C(=O)O. The van der Waals surface area contributed by atoms with E-state index in [2.05, 4.69) is 5.32 Å². The van der Waals surface area contributed by atoms with Gasteiger partial charge in [-0.1, -0.05) is 0 Å². The van der Waals surface area contributed by atoms with Gasteiger partial charge in [0.15, 0.2) is 0 Å². The Balaban J connectivity index is 2.49. The summed E-state index contributed by atoms with van der Waals surface area (Å²) in [5, 5.41) is 11.4. The molecule has 1 aromatic carbocycles. The number of carboxylic acids is 1. The monoisotopic (exact) mass is 229 g/mol. The molecule has 0 amide bonds. The number of hydrogen-bond donors (Lipinski definition) is 2. The third-order valence-electron chi connectivity index (χ3n) is 1.88. The summed E-state index contributed by atoms with van der Waals surface area (Å²) in [5.74, 6) is -0.757. The lowest BCUT2D eigenvalue weighted by Crippen LogP contribution is -2.35. The van der Waals surface area contributed by atoms with E-state index in [0.29, 0.717) is 5.75 Å². The van der Waals surface area contributed by atoms with Crippen LogP contribution < -0.4 is 5.32 Å². The maximum Gasteiger partial charge on any atom is 0.321 e. The fourth-order valence-corrected chi connectivity index (χ4v) is 1.99. The van der Waals surface area contributed by atoms with Crippen LogP contribution in [0.25, 0.3) is 0 Å². The minimum Gasteiger partial charge on any atom is -0.480 e. The molecule has 1 atom stereocenters. The highest BCUT2D eigenvalue weighted by atomic mass is 32.2. The number of thioether (sulfide) groups is 1. The van der Waals surface area contributed by atoms with Gasteiger partial charge < -0.3 is 10.4 Å². The van der Waals surface area contributed by atoms with E-state index in [4.69, 9.17) is 5.11 Å². The molecular weight excluding hydrogens is 217 g/mol. The predicted octanol–water partition coefficient (Wildman–Crippen LogP) is 1.59. The van der Waals surface area contributed by atoms with E-state index in [1.165, 1.54) is 23.9 Å². The summed E-state index contributed by atoms with van der Waals surface area (Å²) in [6, 6.07) is 5.40. The zero-order valence-electron chi connectivity index (χ0n) is 8.24. The van der Waals surface area contributed by atoms with Gasteiger partial charge in [-0.25, -0.2) is 4.39 Å². The maximum absolute atomic E-state index is 12.6. The molecule has 0 aliphatic carbocycles. The molecule has 0 fully saturated rings. The summed E-state index contributed by atoms with van der Waals surface area (Å²) in [6.45, 7) is 0. The minimum atomic E-state index is -0.882. The van der Waals surface area contributed by atoms with Crippen LogP contribution in [0.5, 0.6) is 0 Å². The van der Waals surface area contributed by atoms with Crippen LogP contribution in [0.3, 0.4) is 0 Å². The normalized spacial score (nSPS) is 12.4. The van der Waals surface area contributed by atoms with Gasteiger partial charge in [0.1, 0.15) is 11.9 Å². The van der Waals surface area contributed by atoms with Crippen molar-refractivity contribution in [2.75, 3.05) is 12.8 Å². The number of likely N-dealkylation sites (N-methyl/N-ethyl adjacent to an activating group) is 1. The lowest BCUT2D eigenvalue weighted by molar-refractivity contribution is -0.138. The van der Waals surface area contributed by atoms with Gasteiger partial charge in [0, 0.05) is 10.6 Å². The second-order valence-electron chi connectivity index (χ2n) is 2.94. The molecule has 15 heavy (non-hydrogen) atoms. The molecule has 82 valence electrons. The fourth-order valence-electron chi connectivity index (χ4n) is 0.988. The van der Waals surface area contributed by atoms with Crippen molar-refractivity contribution >= 4 is 17.7 Å². The van der Waals surface area contributed by atoms with E-state index in [9.17, 15) is 9.18 Å². The van der Waals surface area contributed by atoms with Gasteiger partial charge >= 0.3 is 5.97 Å². The number of carbonyl (C=O) groups is 1. The van der Waals surface area contributed by atoms with Gasteiger partial charge in [0.25, 0.3) is 0 Å². The Morgan fingerprint density at radius 3 is 2.60 bits per heavy atom. The third kappa shape index (κ3) is 3.89. The molecule has 0 aliphatic heterocycles. The van der Waals surface area contributed by atoms with Crippen LogP contribution in [-0.4, -0.2) is 29.9 Å². The van der Waals surface area contributed by atoms with E-state index in [1.807, 2.05) is 0 Å². The molecule has 0 aliphatic rings. The molecule has 0 heterocycles. The van der Waals surface area contributed by atoms with Crippen molar-refractivity contribution in [3.8, 4) is 0 Å². The highest BCUT2D eigenvalue weighted by Gasteiger charge is 2.14. The largest absolute Gasteiger partial charge is 0.480 e. The van der Waals surface area contributed by atoms with E-state index >= 15 is 0 Å². The summed E-state index contributed by atoms with van der Waals surface area (Å²) in [5.41, 5.74) is 0. The van der Waals surface area contributed by atoms with Crippen LogP contribution in [0.15, 0.2) is 29.2 Å². The van der Waals surface area contributed by atoms with Crippen molar-refractivity contribution in [1.29, 1.82) is 0 Å². The topological polar surface area (TPSA) is 49.3 Å². The highest BCUT2D eigenvalue weighted by molar-refractivity contribution is 7.99. The summed E-state index contributed by atoms with van der Waals surface area (Å²) in [6.07, 6.45) is 0. The molecule has 3 nitrogen and oxygen atoms in total. The first kappa shape index (κ1) is 12.0. The molecule has 0 aromatic heterocycles. The average molecular weight is 229 g/mol. The molecule has 1 unspecified atom stereocenters. The van der Waals surface area contributed by atoms with E-state index in [-0.39, 0.29) is 5.82 Å². The molecule has 0 bridgehead atoms. The number of nitrogens with one attached hydrogen (secondary N) is 1. The molecule has 2 N–H and O–H groups in total. The van der Waals surface area contributed by atoms with Crippen molar-refractivity contribution in [2.45, 2.75) is 10.9 Å². The van der Waals surface area contributed by atoms with Crippen molar-refractivity contribution < 1.29 is 14.3 Å². The summed E-state index contributed by atoms with van der Waals surface area (Å²) >= 11 is 1.38. The fraction of sp³-hybridized carbons (Fsp3) is 0.300. The van der Waals surface area contributed by atoms with Crippen molar-refractivity contribution in [2.24, 2.45) is 0 Å². The zero-order valence-corrected chi connectivity index (χ0v) is 9.05. The van der Waals surface area contributed by atoms with Crippen LogP contribution >= 0.6 is 11.8 Å². The number of rotatable bonds is 5. The van der Waals surface area contributed by atoms with Crippen LogP contribution in [0.1, 0.15) is 0 Å². The third-order valence-corrected chi connectivity index (χ3v) is 2.98. The summed E-state index contributed by atoms with van der Waals surface area (Å²) in [7, 11) is 1.60. The number of halogens is 1. The molecule has 0 saturated heterocycles. The second-order valence-corrected chi connectivity index (χ2v) is 4.04. The van der Waals surface area contributed by atoms with Crippen molar-refractivity contribution in [3.05, 3.63) is 30.1 Å². The molecule has 1 aromatic rings. The number of carboxylic acid groups (broad SMARTS) is 1. The van der Waals surface area contributed by atoms with Gasteiger partial charge in [0.2, 0.25) is 0 Å². The van der Waals surface area contributed by atoms with E-state index in [1.54, 1.807) is 19.2 Å². The minimum absolute atomic E-state index is 0.289. The Morgan fingerprint density at radius 2 is 2.13 bits per heavy atom. The summed E-state index contributed by atoms with van der Waals surface area (Å²) < 4.78 is 12.6. The van der Waals surface area contributed by atoms with Gasteiger partial charge in [-0.05, 0) is 31.3 Å². The Labute approximate surface area is 91.7 Å². The standard InChI is InChI=1S/C10H12FNO2S/c1-12-9(10(13)14)6-15-8-4-2-7(11)3-5-8/h2-5,9,12H,6H2,1H3,(H,13,14). The van der Waals surface area contributed by atoms with Gasteiger partial charge in [-0.15, -0.1) is 11.8 Å². The quantitative estimate of drug-likeness (QED) is 0.753. The first-order valence-electron chi connectivity index (χ1n) is 4.42. The van der Waals surface area contributed by atoms with Crippen LogP contribution in [0.2, 0.25) is 0 Å². The van der Waals surface area contributed by atoms with Gasteiger partial charge in [-0.3, -0.25) is 4.79 Å². The second kappa shape index (κ2) is 5.72. The van der Waals surface area contributed by atoms with E-state index in [0.717, 1.165) is 4.90 Å². The molecular formula is C10H12FNO2S. The molecule has 5 heteroatoms. The average Bonchev–Trinajstić information content (AvgIpc) is 2.21. The molecule has 0 spiro atoms.